The second kappa shape index (κ2) is 4.68. The molecular formula is C12H17NO3. The highest BCUT2D eigenvalue weighted by molar-refractivity contribution is 5.89. The predicted octanol–water partition coefficient (Wildman–Crippen LogP) is 1.18. The van der Waals surface area contributed by atoms with Gasteiger partial charge in [0.2, 0.25) is 5.91 Å². The van der Waals surface area contributed by atoms with Crippen LogP contribution in [0.5, 0.6) is 0 Å². The van der Waals surface area contributed by atoms with E-state index in [1.165, 1.54) is 0 Å². The van der Waals surface area contributed by atoms with E-state index >= 15 is 0 Å². The Bertz CT molecular complexity index is 324. The van der Waals surface area contributed by atoms with Crippen molar-refractivity contribution in [1.29, 1.82) is 0 Å². The first-order chi connectivity index (χ1) is 7.68. The van der Waals surface area contributed by atoms with Crippen molar-refractivity contribution in [2.24, 2.45) is 17.8 Å². The summed E-state index contributed by atoms with van der Waals surface area (Å²) in [7, 11) is 0. The summed E-state index contributed by atoms with van der Waals surface area (Å²) in [5.41, 5.74) is 0. The van der Waals surface area contributed by atoms with E-state index in [1.54, 1.807) is 0 Å². The van der Waals surface area contributed by atoms with Crippen LogP contribution in [-0.2, 0) is 9.59 Å². The van der Waals surface area contributed by atoms with E-state index in [1.807, 2.05) is 0 Å². The molecule has 1 saturated carbocycles. The van der Waals surface area contributed by atoms with Gasteiger partial charge in [-0.3, -0.25) is 9.59 Å². The SMILES string of the molecule is O=C(O)[C@H]1C[C@H]1C(=O)NCC1CC=CCC1. The second-order valence-corrected chi connectivity index (χ2v) is 4.68. The zero-order valence-electron chi connectivity index (χ0n) is 9.19. The molecule has 1 unspecified atom stereocenters. The Morgan fingerprint density at radius 1 is 1.31 bits per heavy atom. The van der Waals surface area contributed by atoms with Crippen molar-refractivity contribution in [2.75, 3.05) is 6.54 Å². The maximum Gasteiger partial charge on any atom is 0.307 e. The minimum atomic E-state index is -0.847. The zero-order chi connectivity index (χ0) is 11.5. The highest BCUT2D eigenvalue weighted by Crippen LogP contribution is 2.38. The van der Waals surface area contributed by atoms with Crippen molar-refractivity contribution in [3.05, 3.63) is 12.2 Å². The third-order valence-electron chi connectivity index (χ3n) is 3.39. The molecule has 0 aromatic heterocycles. The van der Waals surface area contributed by atoms with Crippen molar-refractivity contribution in [2.45, 2.75) is 25.7 Å². The molecule has 0 spiro atoms. The number of amides is 1. The summed E-state index contributed by atoms with van der Waals surface area (Å²) >= 11 is 0. The fraction of sp³-hybridized carbons (Fsp3) is 0.667. The lowest BCUT2D eigenvalue weighted by Gasteiger charge is -2.17. The van der Waals surface area contributed by atoms with Gasteiger partial charge in [-0.05, 0) is 31.6 Å². The Morgan fingerprint density at radius 2 is 2.12 bits per heavy atom. The van der Waals surface area contributed by atoms with Gasteiger partial charge in [0.1, 0.15) is 0 Å². The molecule has 0 aliphatic heterocycles. The molecule has 2 aliphatic rings. The van der Waals surface area contributed by atoms with Crippen molar-refractivity contribution < 1.29 is 14.7 Å². The molecule has 0 saturated heterocycles. The minimum absolute atomic E-state index is 0.0815. The normalized spacial score (nSPS) is 32.1. The first kappa shape index (κ1) is 11.2. The molecule has 1 amide bonds. The van der Waals surface area contributed by atoms with E-state index < -0.39 is 11.9 Å². The summed E-state index contributed by atoms with van der Waals surface area (Å²) < 4.78 is 0. The lowest BCUT2D eigenvalue weighted by atomic mass is 9.94. The smallest absolute Gasteiger partial charge is 0.307 e. The quantitative estimate of drug-likeness (QED) is 0.703. The summed E-state index contributed by atoms with van der Waals surface area (Å²) in [5.74, 6) is -1.12. The molecule has 3 atom stereocenters. The number of aliphatic carboxylic acids is 1. The van der Waals surface area contributed by atoms with Crippen LogP contribution in [0, 0.1) is 17.8 Å². The van der Waals surface area contributed by atoms with Gasteiger partial charge in [0.25, 0.3) is 0 Å². The summed E-state index contributed by atoms with van der Waals surface area (Å²) in [5, 5.41) is 11.6. The predicted molar refractivity (Wildman–Crippen MR) is 58.7 cm³/mol. The van der Waals surface area contributed by atoms with Crippen molar-refractivity contribution in [3.8, 4) is 0 Å². The molecule has 1 fully saturated rings. The first-order valence-electron chi connectivity index (χ1n) is 5.84. The average Bonchev–Trinajstić information content (AvgIpc) is 3.07. The highest BCUT2D eigenvalue weighted by atomic mass is 16.4. The molecule has 2 N–H and O–H groups in total. The van der Waals surface area contributed by atoms with Crippen LogP contribution < -0.4 is 5.32 Å². The highest BCUT2D eigenvalue weighted by Gasteiger charge is 2.48. The summed E-state index contributed by atoms with van der Waals surface area (Å²) in [6.45, 7) is 0.687. The summed E-state index contributed by atoms with van der Waals surface area (Å²) in [4.78, 5) is 22.2. The third kappa shape index (κ3) is 2.62. The standard InChI is InChI=1S/C12H17NO3/c14-11(9-6-10(9)12(15)16)13-7-8-4-2-1-3-5-8/h1-2,8-10H,3-7H2,(H,13,14)(H,15,16)/t8?,9-,10+/m1/s1. The van der Waals surface area contributed by atoms with Crippen LogP contribution in [0.3, 0.4) is 0 Å². The van der Waals surface area contributed by atoms with Gasteiger partial charge >= 0.3 is 5.97 Å². The maximum atomic E-state index is 11.6. The van der Waals surface area contributed by atoms with Crippen molar-refractivity contribution in [1.82, 2.24) is 5.32 Å². The van der Waals surface area contributed by atoms with Crippen molar-refractivity contribution in [3.63, 3.8) is 0 Å². The Hall–Kier alpha value is -1.32. The van der Waals surface area contributed by atoms with Crippen LogP contribution in [0.2, 0.25) is 0 Å². The number of carbonyl (C=O) groups excluding carboxylic acids is 1. The molecule has 2 aliphatic carbocycles. The summed E-state index contributed by atoms with van der Waals surface area (Å²) in [6.07, 6.45) is 8.04. The molecule has 16 heavy (non-hydrogen) atoms. The fourth-order valence-electron chi connectivity index (χ4n) is 2.18. The number of hydrogen-bond donors (Lipinski definition) is 2. The van der Waals surface area contributed by atoms with Crippen LogP contribution in [0.15, 0.2) is 12.2 Å². The number of carboxylic acids is 1. The van der Waals surface area contributed by atoms with Crippen LogP contribution in [0.1, 0.15) is 25.7 Å². The molecular weight excluding hydrogens is 206 g/mol. The average molecular weight is 223 g/mol. The number of carbonyl (C=O) groups is 2. The lowest BCUT2D eigenvalue weighted by Crippen LogP contribution is -2.31. The van der Waals surface area contributed by atoms with Gasteiger partial charge in [0.05, 0.1) is 11.8 Å². The van der Waals surface area contributed by atoms with Gasteiger partial charge in [0, 0.05) is 6.54 Å². The minimum Gasteiger partial charge on any atom is -0.481 e. The number of rotatable bonds is 4. The maximum absolute atomic E-state index is 11.6. The van der Waals surface area contributed by atoms with Gasteiger partial charge < -0.3 is 10.4 Å². The Balaban J connectivity index is 1.69. The van der Waals surface area contributed by atoms with Gasteiger partial charge in [0.15, 0.2) is 0 Å². The molecule has 4 nitrogen and oxygen atoms in total. The van der Waals surface area contributed by atoms with Gasteiger partial charge in [-0.15, -0.1) is 0 Å². The number of hydrogen-bond acceptors (Lipinski definition) is 2. The molecule has 0 aromatic rings. The molecule has 0 radical (unpaired) electrons. The lowest BCUT2D eigenvalue weighted by molar-refractivity contribution is -0.140. The van der Waals surface area contributed by atoms with Crippen LogP contribution in [0.25, 0.3) is 0 Å². The van der Waals surface area contributed by atoms with E-state index in [-0.39, 0.29) is 11.8 Å². The summed E-state index contributed by atoms with van der Waals surface area (Å²) in [6, 6.07) is 0. The van der Waals surface area contributed by atoms with Crippen LogP contribution in [-0.4, -0.2) is 23.5 Å². The van der Waals surface area contributed by atoms with E-state index in [4.69, 9.17) is 5.11 Å². The Kier molecular flexibility index (Phi) is 3.27. The fourth-order valence-corrected chi connectivity index (χ4v) is 2.18. The van der Waals surface area contributed by atoms with E-state index in [0.29, 0.717) is 18.9 Å². The van der Waals surface area contributed by atoms with E-state index in [0.717, 1.165) is 19.3 Å². The zero-order valence-corrected chi connectivity index (χ0v) is 9.19. The first-order valence-corrected chi connectivity index (χ1v) is 5.84. The molecule has 0 bridgehead atoms. The number of carboxylic acid groups (broad SMARTS) is 1. The Morgan fingerprint density at radius 3 is 2.69 bits per heavy atom. The van der Waals surface area contributed by atoms with Crippen molar-refractivity contribution >= 4 is 11.9 Å². The van der Waals surface area contributed by atoms with Gasteiger partial charge in [-0.1, -0.05) is 12.2 Å². The Labute approximate surface area is 94.7 Å². The molecule has 88 valence electrons. The van der Waals surface area contributed by atoms with Crippen LogP contribution >= 0.6 is 0 Å². The van der Waals surface area contributed by atoms with E-state index in [9.17, 15) is 9.59 Å². The topological polar surface area (TPSA) is 66.4 Å². The molecule has 2 rings (SSSR count). The van der Waals surface area contributed by atoms with Gasteiger partial charge in [-0.25, -0.2) is 0 Å². The second-order valence-electron chi connectivity index (χ2n) is 4.68. The van der Waals surface area contributed by atoms with Crippen LogP contribution in [0.4, 0.5) is 0 Å². The van der Waals surface area contributed by atoms with Gasteiger partial charge in [-0.2, -0.15) is 0 Å². The number of allylic oxidation sites excluding steroid dienone is 2. The molecule has 0 aromatic carbocycles. The molecule has 4 heteroatoms. The monoisotopic (exact) mass is 223 g/mol. The third-order valence-corrected chi connectivity index (χ3v) is 3.39. The molecule has 0 heterocycles. The largest absolute Gasteiger partial charge is 0.481 e. The number of nitrogens with one attached hydrogen (secondary N) is 1. The van der Waals surface area contributed by atoms with E-state index in [2.05, 4.69) is 17.5 Å².